The number of hydrogen-bond donors (Lipinski definition) is 2. The third kappa shape index (κ3) is 9.47. The Morgan fingerprint density at radius 1 is 0.793 bits per heavy atom. The van der Waals surface area contributed by atoms with E-state index in [-0.39, 0.29) is 17.0 Å². The number of carbonyl (C=O) groups is 2. The van der Waals surface area contributed by atoms with Crippen LogP contribution in [0.5, 0.6) is 0 Å². The van der Waals surface area contributed by atoms with Gasteiger partial charge in [0, 0.05) is 0 Å². The van der Waals surface area contributed by atoms with E-state index in [4.69, 9.17) is 0 Å². The molecule has 4 heteroatoms. The van der Waals surface area contributed by atoms with Crippen LogP contribution in [-0.2, 0) is 12.8 Å². The molecule has 0 amide bonds. The van der Waals surface area contributed by atoms with Gasteiger partial charge in [0.1, 0.15) is 0 Å². The lowest BCUT2D eigenvalue weighted by Crippen LogP contribution is -2.15. The second-order valence-corrected chi connectivity index (χ2v) is 8.62. The van der Waals surface area contributed by atoms with Gasteiger partial charge < -0.3 is 10.2 Å². The van der Waals surface area contributed by atoms with Crippen LogP contribution in [-0.4, -0.2) is 22.2 Å². The van der Waals surface area contributed by atoms with Gasteiger partial charge in [-0.1, -0.05) is 91.0 Å². The number of aromatic carboxylic acids is 2. The molecule has 1 aromatic carbocycles. The van der Waals surface area contributed by atoms with E-state index in [0.717, 1.165) is 24.8 Å². The van der Waals surface area contributed by atoms with Gasteiger partial charge in [-0.2, -0.15) is 0 Å². The van der Waals surface area contributed by atoms with Crippen molar-refractivity contribution < 1.29 is 19.8 Å². The highest BCUT2D eigenvalue weighted by Crippen LogP contribution is 2.25. The summed E-state index contributed by atoms with van der Waals surface area (Å²) in [7, 11) is 0. The second kappa shape index (κ2) is 14.2. The van der Waals surface area contributed by atoms with Crippen molar-refractivity contribution in [3.8, 4) is 0 Å². The fraction of sp³-hybridized carbons (Fsp3) is 0.680. The minimum atomic E-state index is -1.17. The van der Waals surface area contributed by atoms with Crippen LogP contribution in [0.3, 0.4) is 0 Å². The first-order valence-electron chi connectivity index (χ1n) is 11.5. The Kier molecular flexibility index (Phi) is 12.3. The molecule has 0 atom stereocenters. The predicted molar refractivity (Wildman–Crippen MR) is 119 cm³/mol. The summed E-state index contributed by atoms with van der Waals surface area (Å²) in [4.78, 5) is 23.2. The van der Waals surface area contributed by atoms with Crippen molar-refractivity contribution >= 4 is 11.9 Å². The summed E-state index contributed by atoms with van der Waals surface area (Å²) in [6.07, 6.45) is 15.4. The lowest BCUT2D eigenvalue weighted by Gasteiger charge is -2.17. The third-order valence-electron chi connectivity index (χ3n) is 5.52. The van der Waals surface area contributed by atoms with E-state index in [1.54, 1.807) is 0 Å². The summed E-state index contributed by atoms with van der Waals surface area (Å²) < 4.78 is 0. The van der Waals surface area contributed by atoms with Crippen LogP contribution in [0.25, 0.3) is 0 Å². The first kappa shape index (κ1) is 25.2. The molecule has 0 saturated heterocycles. The largest absolute Gasteiger partial charge is 0.478 e. The molecule has 0 fully saturated rings. The minimum Gasteiger partial charge on any atom is -0.478 e. The first-order valence-corrected chi connectivity index (χ1v) is 11.5. The van der Waals surface area contributed by atoms with Crippen molar-refractivity contribution in [2.75, 3.05) is 0 Å². The van der Waals surface area contributed by atoms with E-state index in [1.165, 1.54) is 63.9 Å². The molecule has 0 aliphatic carbocycles. The number of benzene rings is 1. The molecule has 1 rings (SSSR count). The zero-order valence-corrected chi connectivity index (χ0v) is 18.6. The SMILES string of the molecule is CCCCCCCCCCCCCc1ccc(C(=O)O)c(C(=O)O)c1CC(C)C. The number of unbranched alkanes of at least 4 members (excludes halogenated alkanes) is 10. The number of carboxylic acids is 2. The number of rotatable bonds is 16. The van der Waals surface area contributed by atoms with Crippen molar-refractivity contribution in [2.45, 2.75) is 104 Å². The molecule has 4 nitrogen and oxygen atoms in total. The van der Waals surface area contributed by atoms with E-state index in [9.17, 15) is 19.8 Å². The highest BCUT2D eigenvalue weighted by molar-refractivity contribution is 6.03. The zero-order valence-electron chi connectivity index (χ0n) is 18.6. The van der Waals surface area contributed by atoms with Crippen LogP contribution < -0.4 is 0 Å². The fourth-order valence-electron chi connectivity index (χ4n) is 3.97. The number of aryl methyl sites for hydroxylation is 1. The van der Waals surface area contributed by atoms with Gasteiger partial charge in [-0.3, -0.25) is 0 Å². The summed E-state index contributed by atoms with van der Waals surface area (Å²) in [5.41, 5.74) is 1.58. The average molecular weight is 405 g/mol. The van der Waals surface area contributed by atoms with Gasteiger partial charge in [-0.15, -0.1) is 0 Å². The molecular formula is C25H40O4. The van der Waals surface area contributed by atoms with Gasteiger partial charge in [0.05, 0.1) is 11.1 Å². The van der Waals surface area contributed by atoms with E-state index >= 15 is 0 Å². The van der Waals surface area contributed by atoms with Gasteiger partial charge in [0.15, 0.2) is 0 Å². The monoisotopic (exact) mass is 404 g/mol. The van der Waals surface area contributed by atoms with Gasteiger partial charge in [0.25, 0.3) is 0 Å². The summed E-state index contributed by atoms with van der Waals surface area (Å²) in [5, 5.41) is 19.0. The van der Waals surface area contributed by atoms with E-state index in [0.29, 0.717) is 12.0 Å². The zero-order chi connectivity index (χ0) is 21.6. The molecule has 0 aliphatic rings. The molecule has 2 N–H and O–H groups in total. The van der Waals surface area contributed by atoms with E-state index in [2.05, 4.69) is 6.92 Å². The molecule has 0 radical (unpaired) electrons. The van der Waals surface area contributed by atoms with Crippen molar-refractivity contribution in [1.29, 1.82) is 0 Å². The highest BCUT2D eigenvalue weighted by Gasteiger charge is 2.23. The molecule has 164 valence electrons. The number of carboxylic acid groups (broad SMARTS) is 2. The Labute approximate surface area is 176 Å². The Hall–Kier alpha value is -1.84. The normalized spacial score (nSPS) is 11.2. The summed E-state index contributed by atoms with van der Waals surface area (Å²) in [6.45, 7) is 6.31. The van der Waals surface area contributed by atoms with Crippen LogP contribution in [0.1, 0.15) is 123 Å². The smallest absolute Gasteiger partial charge is 0.336 e. The Bertz CT molecular complexity index is 634. The van der Waals surface area contributed by atoms with Crippen molar-refractivity contribution in [1.82, 2.24) is 0 Å². The molecule has 0 aliphatic heterocycles. The quantitative estimate of drug-likeness (QED) is 0.287. The molecular weight excluding hydrogens is 364 g/mol. The topological polar surface area (TPSA) is 74.6 Å². The Morgan fingerprint density at radius 2 is 1.31 bits per heavy atom. The standard InChI is InChI=1S/C25H40O4/c1-4-5-6-7-8-9-10-11-12-13-14-15-20-16-17-21(24(26)27)23(25(28)29)22(20)18-19(2)3/h16-17,19H,4-15,18H2,1-3H3,(H,26,27)(H,28,29). The average Bonchev–Trinajstić information content (AvgIpc) is 2.65. The Morgan fingerprint density at radius 3 is 1.76 bits per heavy atom. The fourth-order valence-corrected chi connectivity index (χ4v) is 3.97. The maximum absolute atomic E-state index is 11.8. The van der Waals surface area contributed by atoms with Crippen molar-refractivity contribution in [3.05, 3.63) is 34.4 Å². The van der Waals surface area contributed by atoms with Crippen LogP contribution in [0, 0.1) is 5.92 Å². The predicted octanol–water partition coefficient (Wildman–Crippen LogP) is 7.14. The maximum atomic E-state index is 11.8. The van der Waals surface area contributed by atoms with Crippen molar-refractivity contribution in [3.63, 3.8) is 0 Å². The maximum Gasteiger partial charge on any atom is 0.336 e. The third-order valence-corrected chi connectivity index (χ3v) is 5.52. The minimum absolute atomic E-state index is 0.0215. The molecule has 0 heterocycles. The summed E-state index contributed by atoms with van der Waals surface area (Å²) >= 11 is 0. The van der Waals surface area contributed by atoms with Crippen LogP contribution >= 0.6 is 0 Å². The van der Waals surface area contributed by atoms with E-state index < -0.39 is 11.9 Å². The molecule has 0 bridgehead atoms. The molecule has 0 saturated carbocycles. The first-order chi connectivity index (χ1) is 13.9. The Balaban J connectivity index is 2.54. The van der Waals surface area contributed by atoms with Crippen LogP contribution in [0.2, 0.25) is 0 Å². The molecule has 0 unspecified atom stereocenters. The van der Waals surface area contributed by atoms with Gasteiger partial charge >= 0.3 is 11.9 Å². The van der Waals surface area contributed by atoms with Gasteiger partial charge in [0.2, 0.25) is 0 Å². The van der Waals surface area contributed by atoms with Gasteiger partial charge in [-0.25, -0.2) is 9.59 Å². The summed E-state index contributed by atoms with van der Waals surface area (Å²) in [5.74, 6) is -2.04. The summed E-state index contributed by atoms with van der Waals surface area (Å²) in [6, 6.07) is 3.29. The lowest BCUT2D eigenvalue weighted by molar-refractivity contribution is 0.0650. The second-order valence-electron chi connectivity index (χ2n) is 8.62. The molecule has 29 heavy (non-hydrogen) atoms. The lowest BCUT2D eigenvalue weighted by atomic mass is 9.88. The molecule has 1 aromatic rings. The number of hydrogen-bond acceptors (Lipinski definition) is 2. The van der Waals surface area contributed by atoms with E-state index in [1.807, 2.05) is 19.9 Å². The molecule has 0 aromatic heterocycles. The highest BCUT2D eigenvalue weighted by atomic mass is 16.4. The van der Waals surface area contributed by atoms with Crippen molar-refractivity contribution in [2.24, 2.45) is 5.92 Å². The molecule has 0 spiro atoms. The van der Waals surface area contributed by atoms with Crippen LogP contribution in [0.4, 0.5) is 0 Å². The van der Waals surface area contributed by atoms with Crippen LogP contribution in [0.15, 0.2) is 12.1 Å². The van der Waals surface area contributed by atoms with Gasteiger partial charge in [-0.05, 0) is 42.4 Å².